The molecular formula is C18H21BrN3O+. The molecule has 2 aromatic rings. The number of nitrogens with zero attached hydrogens (tertiary/aromatic N) is 1. The largest absolute Gasteiger partial charge is 0.360 e. The molecule has 1 aliphatic heterocycles. The Kier molecular flexibility index (Phi) is 4.98. The maximum Gasteiger partial charge on any atom is 0.256 e. The van der Waals surface area contributed by atoms with Gasteiger partial charge in [0.1, 0.15) is 0 Å². The molecular weight excluding hydrogens is 354 g/mol. The highest BCUT2D eigenvalue weighted by atomic mass is 79.9. The van der Waals surface area contributed by atoms with Crippen molar-refractivity contribution in [2.45, 2.75) is 0 Å². The minimum absolute atomic E-state index is 0.103. The Bertz CT molecular complexity index is 679. The van der Waals surface area contributed by atoms with Crippen molar-refractivity contribution in [2.24, 2.45) is 0 Å². The highest BCUT2D eigenvalue weighted by Crippen LogP contribution is 2.20. The van der Waals surface area contributed by atoms with E-state index in [2.05, 4.69) is 45.3 Å². The van der Waals surface area contributed by atoms with Gasteiger partial charge in [-0.1, -0.05) is 12.1 Å². The molecule has 1 aliphatic rings. The van der Waals surface area contributed by atoms with Crippen LogP contribution in [0.15, 0.2) is 53.0 Å². The summed E-state index contributed by atoms with van der Waals surface area (Å²) in [6.07, 6.45) is 0. The van der Waals surface area contributed by atoms with Gasteiger partial charge in [0, 0.05) is 15.8 Å². The van der Waals surface area contributed by atoms with Gasteiger partial charge in [-0.3, -0.25) is 4.79 Å². The molecule has 3 rings (SSSR count). The van der Waals surface area contributed by atoms with Crippen LogP contribution in [-0.2, 0) is 0 Å². The Hall–Kier alpha value is -1.85. The summed E-state index contributed by atoms with van der Waals surface area (Å²) in [7, 11) is 2.23. The molecule has 0 aromatic heterocycles. The predicted molar refractivity (Wildman–Crippen MR) is 97.4 cm³/mol. The number of amides is 1. The molecule has 2 aromatic carbocycles. The van der Waals surface area contributed by atoms with Crippen molar-refractivity contribution in [2.75, 3.05) is 43.4 Å². The second kappa shape index (κ2) is 7.15. The van der Waals surface area contributed by atoms with Crippen molar-refractivity contribution in [3.8, 4) is 0 Å². The van der Waals surface area contributed by atoms with Gasteiger partial charge >= 0.3 is 0 Å². The molecule has 5 heteroatoms. The minimum Gasteiger partial charge on any atom is -0.360 e. The molecule has 0 radical (unpaired) electrons. The number of anilines is 2. The number of nitrogens with one attached hydrogen (secondary N) is 2. The smallest absolute Gasteiger partial charge is 0.256 e. The van der Waals surface area contributed by atoms with Crippen LogP contribution in [-0.4, -0.2) is 39.1 Å². The van der Waals surface area contributed by atoms with E-state index < -0.39 is 0 Å². The number of rotatable bonds is 3. The summed E-state index contributed by atoms with van der Waals surface area (Å²) in [6.45, 7) is 4.49. The van der Waals surface area contributed by atoms with Gasteiger partial charge in [0.25, 0.3) is 5.91 Å². The summed E-state index contributed by atoms with van der Waals surface area (Å²) in [5.41, 5.74) is 2.67. The maximum atomic E-state index is 12.3. The molecule has 1 heterocycles. The van der Waals surface area contributed by atoms with Crippen molar-refractivity contribution in [3.63, 3.8) is 0 Å². The van der Waals surface area contributed by atoms with E-state index in [0.717, 1.165) is 23.2 Å². The Labute approximate surface area is 145 Å². The quantitative estimate of drug-likeness (QED) is 0.862. The van der Waals surface area contributed by atoms with Crippen molar-refractivity contribution in [3.05, 3.63) is 58.6 Å². The normalized spacial score (nSPS) is 15.5. The van der Waals surface area contributed by atoms with Crippen LogP contribution in [0.1, 0.15) is 10.4 Å². The third-order valence-corrected chi connectivity index (χ3v) is 4.92. The number of quaternary nitrogens is 1. The van der Waals surface area contributed by atoms with Gasteiger partial charge in [-0.05, 0) is 52.3 Å². The molecule has 2 N–H and O–H groups in total. The highest BCUT2D eigenvalue weighted by molar-refractivity contribution is 9.10. The van der Waals surface area contributed by atoms with Crippen LogP contribution in [0.25, 0.3) is 0 Å². The van der Waals surface area contributed by atoms with Gasteiger partial charge in [0.05, 0.1) is 38.8 Å². The summed E-state index contributed by atoms with van der Waals surface area (Å²) in [4.78, 5) is 16.3. The number of carbonyl (C=O) groups excluding carboxylic acids is 1. The van der Waals surface area contributed by atoms with E-state index in [0.29, 0.717) is 5.56 Å². The number of hydrogen-bond donors (Lipinski definition) is 2. The average molecular weight is 375 g/mol. The first kappa shape index (κ1) is 16.0. The molecule has 1 saturated heterocycles. The van der Waals surface area contributed by atoms with Crippen molar-refractivity contribution in [1.82, 2.24) is 0 Å². The zero-order valence-electron chi connectivity index (χ0n) is 13.2. The lowest BCUT2D eigenvalue weighted by atomic mass is 10.2. The number of carbonyl (C=O) groups is 1. The predicted octanol–water partition coefficient (Wildman–Crippen LogP) is 2.04. The van der Waals surface area contributed by atoms with Crippen molar-refractivity contribution < 1.29 is 9.69 Å². The number of piperazine rings is 1. The molecule has 0 unspecified atom stereocenters. The summed E-state index contributed by atoms with van der Waals surface area (Å²) >= 11 is 3.41. The minimum atomic E-state index is -0.103. The second-order valence-corrected chi connectivity index (χ2v) is 6.78. The molecule has 0 aliphatic carbocycles. The van der Waals surface area contributed by atoms with Crippen LogP contribution in [0.5, 0.6) is 0 Å². The molecule has 0 saturated carbocycles. The third kappa shape index (κ3) is 3.92. The molecule has 4 nitrogen and oxygen atoms in total. The SMILES string of the molecule is C[NH+]1CCN(c2ccc(NC(=O)c3ccccc3Br)cc2)CC1. The van der Waals surface area contributed by atoms with Crippen LogP contribution in [0.4, 0.5) is 11.4 Å². The lowest BCUT2D eigenvalue weighted by Gasteiger charge is -2.31. The lowest BCUT2D eigenvalue weighted by Crippen LogP contribution is -3.12. The van der Waals surface area contributed by atoms with Gasteiger partial charge in [-0.15, -0.1) is 0 Å². The van der Waals surface area contributed by atoms with E-state index in [1.165, 1.54) is 18.8 Å². The molecule has 0 spiro atoms. The fraction of sp³-hybridized carbons (Fsp3) is 0.278. The highest BCUT2D eigenvalue weighted by Gasteiger charge is 2.17. The van der Waals surface area contributed by atoms with E-state index in [1.54, 1.807) is 11.0 Å². The van der Waals surface area contributed by atoms with Gasteiger partial charge in [-0.25, -0.2) is 0 Å². The second-order valence-electron chi connectivity index (χ2n) is 5.92. The number of likely N-dealkylation sites (N-methyl/N-ethyl adjacent to an activating group) is 1. The first-order chi connectivity index (χ1) is 11.1. The van der Waals surface area contributed by atoms with E-state index in [1.807, 2.05) is 30.3 Å². The molecule has 0 atom stereocenters. The van der Waals surface area contributed by atoms with Gasteiger partial charge < -0.3 is 15.1 Å². The number of benzene rings is 2. The van der Waals surface area contributed by atoms with Crippen LogP contribution < -0.4 is 15.1 Å². The molecule has 23 heavy (non-hydrogen) atoms. The van der Waals surface area contributed by atoms with Crippen molar-refractivity contribution >= 4 is 33.2 Å². The topological polar surface area (TPSA) is 36.8 Å². The number of hydrogen-bond acceptors (Lipinski definition) is 2. The zero-order chi connectivity index (χ0) is 16.2. The monoisotopic (exact) mass is 374 g/mol. The van der Waals surface area contributed by atoms with Crippen LogP contribution in [0.2, 0.25) is 0 Å². The van der Waals surface area contributed by atoms with Crippen LogP contribution >= 0.6 is 15.9 Å². The summed E-state index contributed by atoms with van der Waals surface area (Å²) < 4.78 is 0.800. The van der Waals surface area contributed by atoms with Gasteiger partial charge in [-0.2, -0.15) is 0 Å². The van der Waals surface area contributed by atoms with Crippen LogP contribution in [0, 0.1) is 0 Å². The Morgan fingerprint density at radius 3 is 2.39 bits per heavy atom. The summed E-state index contributed by atoms with van der Waals surface area (Å²) in [5, 5.41) is 2.94. The first-order valence-electron chi connectivity index (χ1n) is 7.85. The van der Waals surface area contributed by atoms with Crippen LogP contribution in [0.3, 0.4) is 0 Å². The van der Waals surface area contributed by atoms with Gasteiger partial charge in [0.2, 0.25) is 0 Å². The van der Waals surface area contributed by atoms with E-state index in [9.17, 15) is 4.79 Å². The van der Waals surface area contributed by atoms with E-state index >= 15 is 0 Å². The lowest BCUT2D eigenvalue weighted by molar-refractivity contribution is -0.880. The average Bonchev–Trinajstić information content (AvgIpc) is 2.57. The van der Waals surface area contributed by atoms with E-state index in [4.69, 9.17) is 0 Å². The summed E-state index contributed by atoms with van der Waals surface area (Å²) in [6, 6.07) is 15.5. The molecule has 1 amide bonds. The molecule has 0 bridgehead atoms. The standard InChI is InChI=1S/C18H20BrN3O/c1-21-10-12-22(13-11-21)15-8-6-14(7-9-15)20-18(23)16-4-2-3-5-17(16)19/h2-9H,10-13H2,1H3,(H,20,23)/p+1. The fourth-order valence-corrected chi connectivity index (χ4v) is 3.21. The fourth-order valence-electron chi connectivity index (χ4n) is 2.75. The van der Waals surface area contributed by atoms with Gasteiger partial charge in [0.15, 0.2) is 0 Å². The van der Waals surface area contributed by atoms with Crippen molar-refractivity contribution in [1.29, 1.82) is 0 Å². The Balaban J connectivity index is 1.66. The Morgan fingerprint density at radius 2 is 1.74 bits per heavy atom. The molecule has 1 fully saturated rings. The summed E-state index contributed by atoms with van der Waals surface area (Å²) in [5.74, 6) is -0.103. The zero-order valence-corrected chi connectivity index (χ0v) is 14.8. The third-order valence-electron chi connectivity index (χ3n) is 4.23. The number of halogens is 1. The maximum absolute atomic E-state index is 12.3. The van der Waals surface area contributed by atoms with E-state index in [-0.39, 0.29) is 5.91 Å². The Morgan fingerprint density at radius 1 is 1.09 bits per heavy atom. The first-order valence-corrected chi connectivity index (χ1v) is 8.65. The molecule has 120 valence electrons.